The smallest absolute Gasteiger partial charge is 0.0457 e. The lowest BCUT2D eigenvalue weighted by Crippen LogP contribution is -2.32. The van der Waals surface area contributed by atoms with Gasteiger partial charge in [-0.15, -0.1) is 0 Å². The lowest BCUT2D eigenvalue weighted by Gasteiger charge is -2.20. The van der Waals surface area contributed by atoms with Gasteiger partial charge in [-0.1, -0.05) is 25.7 Å². The van der Waals surface area contributed by atoms with Crippen molar-refractivity contribution in [2.75, 3.05) is 13.2 Å². The van der Waals surface area contributed by atoms with Crippen molar-refractivity contribution in [2.24, 2.45) is 5.92 Å². The highest BCUT2D eigenvalue weighted by Crippen LogP contribution is 2.25. The van der Waals surface area contributed by atoms with Gasteiger partial charge in [0.2, 0.25) is 0 Å². The van der Waals surface area contributed by atoms with Crippen LogP contribution in [0.1, 0.15) is 38.5 Å². The summed E-state index contributed by atoms with van der Waals surface area (Å²) in [6.07, 6.45) is 8.78. The minimum atomic E-state index is 0.781. The Morgan fingerprint density at radius 3 is 2.25 bits per heavy atom. The van der Waals surface area contributed by atoms with Gasteiger partial charge in [-0.2, -0.15) is 0 Å². The topological polar surface area (TPSA) is 24.1 Å². The monoisotopic (exact) mass is 168 g/mol. The molecule has 2 rings (SSSR count). The molecule has 1 unspecified atom stereocenters. The van der Waals surface area contributed by atoms with Gasteiger partial charge in [0.1, 0.15) is 0 Å². The summed E-state index contributed by atoms with van der Waals surface area (Å²) in [6.45, 7) is 2.23. The highest BCUT2D eigenvalue weighted by Gasteiger charge is 2.24. The highest BCUT2D eigenvalue weighted by molar-refractivity contribution is 4.83. The van der Waals surface area contributed by atoms with E-state index < -0.39 is 0 Å². The number of nitrogens with one attached hydrogen (secondary N) is 2. The number of rotatable bonds is 1. The first-order valence-corrected chi connectivity index (χ1v) is 5.41. The van der Waals surface area contributed by atoms with E-state index in [1.54, 1.807) is 0 Å². The lowest BCUT2D eigenvalue weighted by atomic mass is 9.92. The second-order valence-corrected chi connectivity index (χ2v) is 4.19. The van der Waals surface area contributed by atoms with Crippen molar-refractivity contribution >= 4 is 0 Å². The maximum absolute atomic E-state index is 3.54. The van der Waals surface area contributed by atoms with E-state index in [1.165, 1.54) is 45.1 Å². The van der Waals surface area contributed by atoms with Crippen LogP contribution in [-0.2, 0) is 0 Å². The van der Waals surface area contributed by atoms with Crippen LogP contribution < -0.4 is 10.6 Å². The van der Waals surface area contributed by atoms with Crippen molar-refractivity contribution < 1.29 is 0 Å². The molecule has 1 saturated carbocycles. The summed E-state index contributed by atoms with van der Waals surface area (Å²) < 4.78 is 0. The Bertz CT molecular complexity index is 122. The van der Waals surface area contributed by atoms with Crippen LogP contribution in [0.4, 0.5) is 0 Å². The molecule has 70 valence electrons. The molecule has 0 radical (unpaired) electrons. The van der Waals surface area contributed by atoms with Crippen LogP contribution in [0.2, 0.25) is 0 Å². The molecule has 1 atom stereocenters. The molecule has 0 amide bonds. The van der Waals surface area contributed by atoms with Gasteiger partial charge in [0.25, 0.3) is 0 Å². The van der Waals surface area contributed by atoms with Crippen LogP contribution in [0.15, 0.2) is 0 Å². The van der Waals surface area contributed by atoms with Crippen molar-refractivity contribution in [3.05, 3.63) is 0 Å². The molecular weight excluding hydrogens is 148 g/mol. The van der Waals surface area contributed by atoms with Crippen LogP contribution in [0.3, 0.4) is 0 Å². The fourth-order valence-corrected chi connectivity index (χ4v) is 2.55. The van der Waals surface area contributed by atoms with Gasteiger partial charge in [-0.25, -0.2) is 0 Å². The third-order valence-corrected chi connectivity index (χ3v) is 3.32. The van der Waals surface area contributed by atoms with E-state index in [1.807, 2.05) is 0 Å². The van der Waals surface area contributed by atoms with Crippen LogP contribution in [0.5, 0.6) is 0 Å². The van der Waals surface area contributed by atoms with Crippen molar-refractivity contribution in [3.63, 3.8) is 0 Å². The quantitative estimate of drug-likeness (QED) is 0.579. The average molecular weight is 168 g/mol. The van der Waals surface area contributed by atoms with E-state index in [2.05, 4.69) is 10.6 Å². The van der Waals surface area contributed by atoms with Crippen molar-refractivity contribution in [1.82, 2.24) is 10.6 Å². The first-order valence-electron chi connectivity index (χ1n) is 5.41. The maximum atomic E-state index is 3.54. The zero-order valence-corrected chi connectivity index (χ0v) is 7.81. The molecule has 2 nitrogen and oxygen atoms in total. The van der Waals surface area contributed by atoms with Gasteiger partial charge in [-0.05, 0) is 18.8 Å². The first-order chi connectivity index (χ1) is 5.97. The van der Waals surface area contributed by atoms with Crippen LogP contribution in [0.25, 0.3) is 0 Å². The molecule has 0 aromatic carbocycles. The molecule has 0 bridgehead atoms. The fourth-order valence-electron chi connectivity index (χ4n) is 2.55. The molecule has 12 heavy (non-hydrogen) atoms. The molecule has 0 spiro atoms. The Morgan fingerprint density at radius 1 is 0.917 bits per heavy atom. The minimum absolute atomic E-state index is 0.781. The van der Waals surface area contributed by atoms with Gasteiger partial charge >= 0.3 is 0 Å². The number of hydrogen-bond donors (Lipinski definition) is 2. The lowest BCUT2D eigenvalue weighted by molar-refractivity contribution is 0.361. The average Bonchev–Trinajstić information content (AvgIpc) is 2.48. The van der Waals surface area contributed by atoms with E-state index >= 15 is 0 Å². The normalized spacial score (nSPS) is 33.5. The molecule has 1 saturated heterocycles. The molecule has 2 N–H and O–H groups in total. The largest absolute Gasteiger partial charge is 0.303 e. The summed E-state index contributed by atoms with van der Waals surface area (Å²) in [6, 6.07) is 0.781. The summed E-state index contributed by atoms with van der Waals surface area (Å²) in [5, 5.41) is 6.92. The van der Waals surface area contributed by atoms with Crippen molar-refractivity contribution in [1.29, 1.82) is 0 Å². The second-order valence-electron chi connectivity index (χ2n) is 4.19. The minimum Gasteiger partial charge on any atom is -0.303 e. The Hall–Kier alpha value is -0.0800. The molecule has 1 aliphatic heterocycles. The molecule has 0 aromatic rings. The second kappa shape index (κ2) is 4.24. The van der Waals surface area contributed by atoms with E-state index in [0.29, 0.717) is 0 Å². The third-order valence-electron chi connectivity index (χ3n) is 3.32. The van der Waals surface area contributed by atoms with Gasteiger partial charge in [0, 0.05) is 19.3 Å². The summed E-state index contributed by atoms with van der Waals surface area (Å²) in [4.78, 5) is 0. The molecule has 2 heteroatoms. The molecular formula is C10H20N2. The molecule has 1 aliphatic carbocycles. The summed E-state index contributed by atoms with van der Waals surface area (Å²) >= 11 is 0. The Balaban J connectivity index is 1.83. The van der Waals surface area contributed by atoms with E-state index in [-0.39, 0.29) is 0 Å². The highest BCUT2D eigenvalue weighted by atomic mass is 15.2. The van der Waals surface area contributed by atoms with E-state index in [9.17, 15) is 0 Å². The Kier molecular flexibility index (Phi) is 3.01. The van der Waals surface area contributed by atoms with E-state index in [0.717, 1.165) is 18.6 Å². The third kappa shape index (κ3) is 1.99. The molecule has 0 aromatic heterocycles. The summed E-state index contributed by atoms with van der Waals surface area (Å²) in [7, 11) is 0. The van der Waals surface area contributed by atoms with Gasteiger partial charge in [0.15, 0.2) is 0 Å². The fraction of sp³-hybridized carbons (Fsp3) is 1.00. The van der Waals surface area contributed by atoms with Gasteiger partial charge < -0.3 is 10.6 Å². The zero-order valence-electron chi connectivity index (χ0n) is 7.81. The van der Waals surface area contributed by atoms with E-state index in [4.69, 9.17) is 0 Å². The SMILES string of the molecule is C1CCCC(C2CNCN2)CC1. The first kappa shape index (κ1) is 8.52. The molecule has 1 heterocycles. The standard InChI is InChI=1S/C10H20N2/c1-2-4-6-9(5-3-1)10-7-11-8-12-10/h9-12H,1-8H2. The Labute approximate surface area is 75.1 Å². The van der Waals surface area contributed by atoms with Gasteiger partial charge in [0.05, 0.1) is 0 Å². The zero-order chi connectivity index (χ0) is 8.23. The maximum Gasteiger partial charge on any atom is 0.0457 e. The molecule has 2 aliphatic rings. The number of hydrogen-bond acceptors (Lipinski definition) is 2. The van der Waals surface area contributed by atoms with Crippen LogP contribution in [-0.4, -0.2) is 19.3 Å². The van der Waals surface area contributed by atoms with Crippen LogP contribution >= 0.6 is 0 Å². The van der Waals surface area contributed by atoms with Crippen molar-refractivity contribution in [3.8, 4) is 0 Å². The summed E-state index contributed by atoms with van der Waals surface area (Å²) in [5.41, 5.74) is 0. The van der Waals surface area contributed by atoms with Crippen molar-refractivity contribution in [2.45, 2.75) is 44.6 Å². The van der Waals surface area contributed by atoms with Gasteiger partial charge in [-0.3, -0.25) is 0 Å². The predicted octanol–water partition coefficient (Wildman–Crippen LogP) is 1.48. The predicted molar refractivity (Wildman–Crippen MR) is 51.0 cm³/mol. The Morgan fingerprint density at radius 2 is 1.67 bits per heavy atom. The molecule has 2 fully saturated rings. The van der Waals surface area contributed by atoms with Crippen LogP contribution in [0, 0.1) is 5.92 Å². The summed E-state index contributed by atoms with van der Waals surface area (Å²) in [5.74, 6) is 0.961.